The van der Waals surface area contributed by atoms with Crippen LogP contribution in [0.15, 0.2) is 116 Å². The number of aromatic nitrogens is 12. The fraction of sp³-hybridized carbons (Fsp3) is 0.321. The highest BCUT2D eigenvalue weighted by molar-refractivity contribution is 5.95. The Morgan fingerprint density at radius 1 is 0.429 bits per heavy atom. The number of ketones is 2. The molecular weight excluding hydrogens is 1340 g/mol. The molecule has 0 aliphatic carbocycles. The van der Waals surface area contributed by atoms with E-state index in [-0.39, 0.29) is 42.1 Å². The van der Waals surface area contributed by atoms with Crippen molar-refractivity contribution in [3.63, 3.8) is 0 Å². The van der Waals surface area contributed by atoms with Crippen molar-refractivity contribution in [2.24, 2.45) is 0 Å². The van der Waals surface area contributed by atoms with Gasteiger partial charge in [-0.2, -0.15) is 0 Å². The molecule has 0 unspecified atom stereocenters. The van der Waals surface area contributed by atoms with Gasteiger partial charge in [0, 0.05) is 232 Å². The normalized spacial score (nSPS) is 14.8. The van der Waals surface area contributed by atoms with E-state index in [2.05, 4.69) is 86.7 Å². The zero-order valence-electron chi connectivity index (χ0n) is 59.8. The van der Waals surface area contributed by atoms with E-state index in [0.717, 1.165) is 160 Å². The average molecular weight is 1420 g/mol. The Balaban J connectivity index is 0.000000127. The molecule has 27 heteroatoms. The maximum Gasteiger partial charge on any atom is 0.208 e. The van der Waals surface area contributed by atoms with Crippen molar-refractivity contribution in [2.45, 2.75) is 80.4 Å². The van der Waals surface area contributed by atoms with Gasteiger partial charge in [0.25, 0.3) is 0 Å². The first-order valence-electron chi connectivity index (χ1n) is 35.3. The quantitative estimate of drug-likeness (QED) is 0.0762. The van der Waals surface area contributed by atoms with Gasteiger partial charge in [-0.3, -0.25) is 27.8 Å². The fourth-order valence-corrected chi connectivity index (χ4v) is 14.2. The molecule has 0 radical (unpaired) electrons. The molecule has 5 aliphatic heterocycles. The maximum atomic E-state index is 14.7. The second-order valence-electron chi connectivity index (χ2n) is 27.0. The molecule has 14 heterocycles. The van der Waals surface area contributed by atoms with Crippen LogP contribution in [0.1, 0.15) is 91.0 Å². The van der Waals surface area contributed by atoms with Crippen LogP contribution in [0.25, 0.3) is 50.3 Å². The number of ether oxygens (including phenoxy) is 3. The second-order valence-corrected chi connectivity index (χ2v) is 27.0. The number of anilines is 5. The van der Waals surface area contributed by atoms with Crippen molar-refractivity contribution in [3.8, 4) is 50.6 Å². The molecule has 5 aliphatic rings. The summed E-state index contributed by atoms with van der Waals surface area (Å²) in [6.45, 7) is 21.2. The molecule has 9 aromatic heterocycles. The summed E-state index contributed by atoms with van der Waals surface area (Å²) in [4.78, 5) is 75.6. The summed E-state index contributed by atoms with van der Waals surface area (Å²) in [7, 11) is 4.28. The van der Waals surface area contributed by atoms with Crippen LogP contribution in [0.3, 0.4) is 0 Å². The number of carbonyl (C=O) groups excluding carboxylic acids is 2. The predicted molar refractivity (Wildman–Crippen MR) is 396 cm³/mol. The van der Waals surface area contributed by atoms with Gasteiger partial charge >= 0.3 is 0 Å². The number of pyridine rings is 3. The molecule has 2 fully saturated rings. The standard InChI is InChI=1S/C28H30FN7O2.C27H30FN7O.C23H20FN5O2/c1-17-19(4-7-26(32-17)35-11-9-34(3)10-12-35)22-15-31-28(36-16-24(18(2)37)33-27(22)36)30-14-21-20-8-13-38-25(20)6-5-23(21)29;1-17-16-35-26(31-17)22(19-4-7-25(32-18(19)2)34-11-9-33(3)10-12-34)15-30-27(35)29-14-21-20-8-13-36-24(20)6-5-23(21)28;1-13-15(4-3-8-25-13)18-11-27-23(29-12-20(14(2)30)28-22(18)29)26-10-17-16-7-9-31-21(16)6-5-19(17)24/h4-7,15-16H,8-14H2,1-3H3,(H,30,31);4-7,15-16H,8-14H2,1-3H3,(H,29,30);3-6,8,11-12H,7,9-10H2,1-2H3,(H,26,27). The smallest absolute Gasteiger partial charge is 0.208 e. The van der Waals surface area contributed by atoms with Gasteiger partial charge in [0.1, 0.15) is 74.7 Å². The van der Waals surface area contributed by atoms with Crippen LogP contribution in [0.5, 0.6) is 17.2 Å². The minimum Gasteiger partial charge on any atom is -0.493 e. The van der Waals surface area contributed by atoms with Crippen molar-refractivity contribution in [1.29, 1.82) is 0 Å². The van der Waals surface area contributed by atoms with Crippen LogP contribution in [-0.4, -0.2) is 166 Å². The molecule has 0 amide bonds. The van der Waals surface area contributed by atoms with Gasteiger partial charge in [-0.1, -0.05) is 6.07 Å². The Bertz CT molecular complexity index is 5350. The lowest BCUT2D eigenvalue weighted by molar-refractivity contribution is 0.100. The summed E-state index contributed by atoms with van der Waals surface area (Å²) >= 11 is 0. The number of Topliss-reactive ketones (excluding diaryl/α,β-unsaturated/α-hetero) is 2. The van der Waals surface area contributed by atoms with E-state index in [9.17, 15) is 22.8 Å². The zero-order valence-corrected chi connectivity index (χ0v) is 59.8. The van der Waals surface area contributed by atoms with Crippen LogP contribution in [0, 0.1) is 45.1 Å². The van der Waals surface area contributed by atoms with E-state index in [1.54, 1.807) is 58.0 Å². The van der Waals surface area contributed by atoms with Crippen molar-refractivity contribution in [2.75, 3.05) is 112 Å². The minimum absolute atomic E-state index is 0.144. The van der Waals surface area contributed by atoms with E-state index < -0.39 is 0 Å². The van der Waals surface area contributed by atoms with Crippen molar-refractivity contribution < 1.29 is 37.0 Å². The number of piperazine rings is 2. The van der Waals surface area contributed by atoms with Gasteiger partial charge in [0.2, 0.25) is 17.8 Å². The topological polar surface area (TPSA) is 240 Å². The Kier molecular flexibility index (Phi) is 19.3. The van der Waals surface area contributed by atoms with Crippen molar-refractivity contribution >= 4 is 58.0 Å². The summed E-state index contributed by atoms with van der Waals surface area (Å²) in [5.41, 5.74) is 15.8. The number of aryl methyl sites for hydroxylation is 4. The van der Waals surface area contributed by atoms with Crippen molar-refractivity contribution in [3.05, 3.63) is 201 Å². The van der Waals surface area contributed by atoms with Crippen LogP contribution in [0.2, 0.25) is 0 Å². The number of imidazole rings is 3. The monoisotopic (exact) mass is 1420 g/mol. The number of fused-ring (bicyclic) bond motifs is 6. The maximum absolute atomic E-state index is 14.7. The molecule has 3 aromatic carbocycles. The van der Waals surface area contributed by atoms with Gasteiger partial charge in [-0.15, -0.1) is 0 Å². The van der Waals surface area contributed by atoms with Crippen LogP contribution < -0.4 is 40.0 Å². The molecule has 0 bridgehead atoms. The number of nitrogens with zero attached hydrogens (tertiary/aromatic N) is 16. The number of benzene rings is 3. The molecule has 24 nitrogen and oxygen atoms in total. The van der Waals surface area contributed by atoms with Crippen LogP contribution >= 0.6 is 0 Å². The number of halogens is 3. The first-order valence-corrected chi connectivity index (χ1v) is 35.3. The molecule has 0 spiro atoms. The SMILES string of the molecule is CC(=O)c1cn2c(NCc3c(F)ccc4c3CCO4)ncc(-c3ccc(N4CCN(C)CC4)nc3C)c2n1.CC(=O)c1cn2c(NCc3c(F)ccc4c3CCO4)ncc(-c3cccnc3C)c2n1.Cc1cn2c(NCc3c(F)ccc4c3CCO4)ncc(-c3ccc(N4CCN(C)CC4)nc3C)c2n1. The molecule has 12 aromatic rings. The predicted octanol–water partition coefficient (Wildman–Crippen LogP) is 11.6. The number of likely N-dealkylation sites (N-methyl/N-ethyl adjacent to an activating group) is 2. The molecule has 3 N–H and O–H groups in total. The summed E-state index contributed by atoms with van der Waals surface area (Å²) in [6.07, 6.45) is 14.3. The Morgan fingerprint density at radius 3 is 1.17 bits per heavy atom. The Hall–Kier alpha value is -11.6. The molecule has 105 heavy (non-hydrogen) atoms. The number of nitrogens with one attached hydrogen (secondary N) is 3. The van der Waals surface area contributed by atoms with Crippen LogP contribution in [0.4, 0.5) is 42.7 Å². The van der Waals surface area contributed by atoms with Crippen LogP contribution in [-0.2, 0) is 38.9 Å². The molecule has 2 saturated heterocycles. The van der Waals surface area contributed by atoms with E-state index in [0.29, 0.717) is 103 Å². The number of hydrogen-bond donors (Lipinski definition) is 3. The van der Waals surface area contributed by atoms with Gasteiger partial charge in [-0.05, 0) is 109 Å². The summed E-state index contributed by atoms with van der Waals surface area (Å²) in [6, 6.07) is 21.4. The third-order valence-corrected chi connectivity index (χ3v) is 20.1. The lowest BCUT2D eigenvalue weighted by atomic mass is 10.0. The number of carbonyl (C=O) groups is 2. The van der Waals surface area contributed by atoms with E-state index in [1.807, 2.05) is 68.8 Å². The highest BCUT2D eigenvalue weighted by Gasteiger charge is 2.27. The minimum atomic E-state index is -0.286. The molecule has 0 atom stereocenters. The Labute approximate surface area is 604 Å². The fourth-order valence-electron chi connectivity index (χ4n) is 14.2. The highest BCUT2D eigenvalue weighted by atomic mass is 19.1. The van der Waals surface area contributed by atoms with Gasteiger partial charge in [0.15, 0.2) is 11.6 Å². The first-order chi connectivity index (χ1) is 50.9. The zero-order chi connectivity index (χ0) is 72.7. The Morgan fingerprint density at radius 2 is 0.800 bits per heavy atom. The van der Waals surface area contributed by atoms with Gasteiger partial charge in [-0.25, -0.2) is 53.0 Å². The lowest BCUT2D eigenvalue weighted by Crippen LogP contribution is -2.44. The van der Waals surface area contributed by atoms with E-state index in [4.69, 9.17) is 34.1 Å². The summed E-state index contributed by atoms with van der Waals surface area (Å²) in [5.74, 6) is 4.64. The van der Waals surface area contributed by atoms with Crippen molar-refractivity contribution in [1.82, 2.24) is 67.9 Å². The average Bonchev–Trinajstić information content (AvgIpc) is 1.67. The molecule has 538 valence electrons. The van der Waals surface area contributed by atoms with E-state index in [1.165, 1.54) is 32.0 Å². The lowest BCUT2D eigenvalue weighted by Gasteiger charge is -2.33. The number of rotatable bonds is 16. The highest BCUT2D eigenvalue weighted by Crippen LogP contribution is 2.37. The first kappa shape index (κ1) is 69.2. The van der Waals surface area contributed by atoms with E-state index >= 15 is 0 Å². The third-order valence-electron chi connectivity index (χ3n) is 20.1. The molecular formula is C78H80F3N19O5. The largest absolute Gasteiger partial charge is 0.493 e. The molecule has 0 saturated carbocycles. The van der Waals surface area contributed by atoms with Gasteiger partial charge in [0.05, 0.1) is 25.5 Å². The second kappa shape index (κ2) is 29.3. The summed E-state index contributed by atoms with van der Waals surface area (Å²) < 4.78 is 66.0. The number of hydrogen-bond acceptors (Lipinski definition) is 21. The molecule has 17 rings (SSSR count). The third kappa shape index (κ3) is 14.0. The summed E-state index contributed by atoms with van der Waals surface area (Å²) in [5, 5.41) is 9.79. The van der Waals surface area contributed by atoms with Gasteiger partial charge < -0.3 is 49.8 Å².